The van der Waals surface area contributed by atoms with Crippen LogP contribution < -0.4 is 10.2 Å². The minimum absolute atomic E-state index is 0.333. The van der Waals surface area contributed by atoms with E-state index in [0.717, 1.165) is 59.5 Å². The van der Waals surface area contributed by atoms with Crippen LogP contribution in [0, 0.1) is 0 Å². The molecule has 0 unspecified atom stereocenters. The number of benzene rings is 2. The Kier molecular flexibility index (Phi) is 5.86. The lowest BCUT2D eigenvalue weighted by Gasteiger charge is -2.29. The summed E-state index contributed by atoms with van der Waals surface area (Å²) in [6, 6.07) is 16.0. The number of hydrogen-bond donors (Lipinski definition) is 1. The largest absolute Gasteiger partial charge is 0.428 e. The molecule has 5 aromatic rings. The Hall–Kier alpha value is -4.56. The maximum Gasteiger partial charge on any atom is 0.345 e. The van der Waals surface area contributed by atoms with Crippen LogP contribution in [0.15, 0.2) is 85.7 Å². The molecule has 8 nitrogen and oxygen atoms in total. The monoisotopic (exact) mass is 490 g/mol. The fourth-order valence-electron chi connectivity index (χ4n) is 4.79. The van der Waals surface area contributed by atoms with Crippen molar-refractivity contribution in [2.24, 2.45) is 0 Å². The smallest absolute Gasteiger partial charge is 0.345 e. The van der Waals surface area contributed by atoms with Crippen LogP contribution in [0.2, 0.25) is 0 Å². The Morgan fingerprint density at radius 2 is 1.78 bits per heavy atom. The van der Waals surface area contributed by atoms with Crippen molar-refractivity contribution in [3.63, 3.8) is 0 Å². The lowest BCUT2D eigenvalue weighted by atomic mass is 10.0. The van der Waals surface area contributed by atoms with E-state index in [1.54, 1.807) is 29.9 Å². The van der Waals surface area contributed by atoms with Gasteiger partial charge in [-0.05, 0) is 42.3 Å². The third-order valence-electron chi connectivity index (χ3n) is 6.59. The number of carbonyl (C=O) groups is 1. The fraction of sp³-hybridized carbons (Fsp3) is 0.172. The third-order valence-corrected chi connectivity index (χ3v) is 6.59. The first-order valence-electron chi connectivity index (χ1n) is 12.2. The number of esters is 1. The van der Waals surface area contributed by atoms with Gasteiger partial charge in [-0.15, -0.1) is 0 Å². The summed E-state index contributed by atoms with van der Waals surface area (Å²) in [5, 5.41) is 8.80. The van der Waals surface area contributed by atoms with Gasteiger partial charge in [0.05, 0.1) is 23.0 Å². The van der Waals surface area contributed by atoms with E-state index in [9.17, 15) is 4.79 Å². The average molecular weight is 491 g/mol. The van der Waals surface area contributed by atoms with Crippen LogP contribution in [0.1, 0.15) is 17.3 Å². The highest BCUT2D eigenvalue weighted by Gasteiger charge is 2.18. The third kappa shape index (κ3) is 4.32. The van der Waals surface area contributed by atoms with E-state index in [1.165, 1.54) is 5.69 Å². The van der Waals surface area contributed by atoms with Crippen LogP contribution in [0.25, 0.3) is 38.8 Å². The number of para-hydroxylation sites is 1. The second-order valence-corrected chi connectivity index (χ2v) is 9.10. The standard InChI is InChI=1S/C29H26N6O2/c1-19(2)37-29(36)25-5-3-4-24-23(10-11-31-27(24)25)26-17-33-35-18-21(16-32-28(26)35)20-6-8-22(9-7-20)34-14-12-30-13-15-34/h3-11,16-18,30H,1,12-15H2,2H3. The van der Waals surface area contributed by atoms with Crippen LogP contribution in [0.5, 0.6) is 0 Å². The van der Waals surface area contributed by atoms with Crippen molar-refractivity contribution in [2.75, 3.05) is 31.1 Å². The lowest BCUT2D eigenvalue weighted by Crippen LogP contribution is -2.43. The fourth-order valence-corrected chi connectivity index (χ4v) is 4.79. The average Bonchev–Trinajstić information content (AvgIpc) is 3.36. The van der Waals surface area contributed by atoms with Gasteiger partial charge >= 0.3 is 5.97 Å². The topological polar surface area (TPSA) is 84.6 Å². The number of nitrogens with one attached hydrogen (secondary N) is 1. The van der Waals surface area contributed by atoms with Crippen molar-refractivity contribution >= 4 is 28.2 Å². The van der Waals surface area contributed by atoms with Gasteiger partial charge < -0.3 is 15.0 Å². The molecule has 0 atom stereocenters. The molecular weight excluding hydrogens is 464 g/mol. The van der Waals surface area contributed by atoms with Crippen LogP contribution in [-0.2, 0) is 4.74 Å². The van der Waals surface area contributed by atoms with Crippen LogP contribution >= 0.6 is 0 Å². The highest BCUT2D eigenvalue weighted by molar-refractivity contribution is 6.07. The quantitative estimate of drug-likeness (QED) is 0.282. The molecule has 1 aliphatic heterocycles. The maximum atomic E-state index is 12.6. The highest BCUT2D eigenvalue weighted by atomic mass is 16.5. The zero-order chi connectivity index (χ0) is 25.4. The Balaban J connectivity index is 1.35. The predicted octanol–water partition coefficient (Wildman–Crippen LogP) is 4.71. The Labute approximate surface area is 214 Å². The van der Waals surface area contributed by atoms with Crippen LogP contribution in [0.4, 0.5) is 5.69 Å². The number of nitrogens with zero attached hydrogens (tertiary/aromatic N) is 5. The number of pyridine rings is 1. The Morgan fingerprint density at radius 3 is 2.57 bits per heavy atom. The number of fused-ring (bicyclic) bond motifs is 2. The zero-order valence-corrected chi connectivity index (χ0v) is 20.5. The van der Waals surface area contributed by atoms with E-state index in [1.807, 2.05) is 30.6 Å². The van der Waals surface area contributed by atoms with Gasteiger partial charge in [-0.25, -0.2) is 14.3 Å². The van der Waals surface area contributed by atoms with Crippen LogP contribution in [-0.4, -0.2) is 51.7 Å². The van der Waals surface area contributed by atoms with E-state index in [0.29, 0.717) is 16.8 Å². The van der Waals surface area contributed by atoms with E-state index in [-0.39, 0.29) is 0 Å². The molecule has 4 heterocycles. The van der Waals surface area contributed by atoms with Crippen molar-refractivity contribution in [3.8, 4) is 22.3 Å². The number of hydrogen-bond acceptors (Lipinski definition) is 7. The maximum absolute atomic E-state index is 12.6. The van der Waals surface area contributed by atoms with Crippen molar-refractivity contribution in [1.29, 1.82) is 0 Å². The summed E-state index contributed by atoms with van der Waals surface area (Å²) in [5.41, 5.74) is 6.73. The van der Waals surface area contributed by atoms with Crippen molar-refractivity contribution in [1.82, 2.24) is 24.9 Å². The van der Waals surface area contributed by atoms with Gasteiger partial charge in [-0.1, -0.05) is 30.8 Å². The second-order valence-electron chi connectivity index (χ2n) is 9.10. The molecule has 2 aromatic carbocycles. The van der Waals surface area contributed by atoms with E-state index < -0.39 is 5.97 Å². The number of rotatable bonds is 5. The minimum Gasteiger partial charge on any atom is -0.428 e. The van der Waals surface area contributed by atoms with E-state index in [2.05, 4.69) is 51.1 Å². The summed E-state index contributed by atoms with van der Waals surface area (Å²) < 4.78 is 7.03. The zero-order valence-electron chi connectivity index (χ0n) is 20.5. The van der Waals surface area contributed by atoms with Gasteiger partial charge in [-0.3, -0.25) is 4.98 Å². The van der Waals surface area contributed by atoms with Gasteiger partial charge in [-0.2, -0.15) is 5.10 Å². The number of piperazine rings is 1. The SMILES string of the molecule is C=C(C)OC(=O)c1cccc2c(-c3cnn4cc(-c5ccc(N6CCNCC6)cc5)cnc34)ccnc12. The van der Waals surface area contributed by atoms with Crippen molar-refractivity contribution < 1.29 is 9.53 Å². The highest BCUT2D eigenvalue weighted by Crippen LogP contribution is 2.32. The molecule has 1 aliphatic rings. The summed E-state index contributed by atoms with van der Waals surface area (Å²) in [4.78, 5) is 24.2. The summed E-state index contributed by atoms with van der Waals surface area (Å²) >= 11 is 0. The first-order chi connectivity index (χ1) is 18.1. The first-order valence-corrected chi connectivity index (χ1v) is 12.2. The molecule has 37 heavy (non-hydrogen) atoms. The molecule has 0 spiro atoms. The van der Waals surface area contributed by atoms with Crippen molar-refractivity contribution in [3.05, 3.63) is 91.2 Å². The summed E-state index contributed by atoms with van der Waals surface area (Å²) in [6.45, 7) is 9.36. The Bertz CT molecular complexity index is 1630. The molecule has 6 rings (SSSR count). The number of carbonyl (C=O) groups excluding carboxylic acids is 1. The summed E-state index contributed by atoms with van der Waals surface area (Å²) in [7, 11) is 0. The molecule has 3 aromatic heterocycles. The van der Waals surface area contributed by atoms with Gasteiger partial charge in [0.1, 0.15) is 0 Å². The summed E-state index contributed by atoms with van der Waals surface area (Å²) in [6.07, 6.45) is 7.35. The molecule has 8 heteroatoms. The number of allylic oxidation sites excluding steroid dienone is 1. The molecule has 0 aliphatic carbocycles. The second kappa shape index (κ2) is 9.48. The normalized spacial score (nSPS) is 13.7. The molecule has 0 bridgehead atoms. The number of aromatic nitrogens is 4. The molecular formula is C29H26N6O2. The van der Waals surface area contributed by atoms with Crippen LogP contribution in [0.3, 0.4) is 0 Å². The predicted molar refractivity (Wildman–Crippen MR) is 144 cm³/mol. The van der Waals surface area contributed by atoms with Gasteiger partial charge in [0, 0.05) is 67.0 Å². The molecule has 1 N–H and O–H groups in total. The van der Waals surface area contributed by atoms with Gasteiger partial charge in [0.25, 0.3) is 0 Å². The lowest BCUT2D eigenvalue weighted by molar-refractivity contribution is 0.0630. The van der Waals surface area contributed by atoms with E-state index in [4.69, 9.17) is 9.72 Å². The molecule has 0 radical (unpaired) electrons. The molecule has 0 amide bonds. The number of ether oxygens (including phenoxy) is 1. The molecule has 0 saturated carbocycles. The number of anilines is 1. The minimum atomic E-state index is -0.478. The van der Waals surface area contributed by atoms with Gasteiger partial charge in [0.2, 0.25) is 0 Å². The first kappa shape index (κ1) is 22.9. The van der Waals surface area contributed by atoms with Crippen molar-refractivity contribution in [2.45, 2.75) is 6.92 Å². The molecule has 184 valence electrons. The molecule has 1 fully saturated rings. The van der Waals surface area contributed by atoms with E-state index >= 15 is 0 Å². The Morgan fingerprint density at radius 1 is 0.973 bits per heavy atom. The summed E-state index contributed by atoms with van der Waals surface area (Å²) in [5.74, 6) is -0.146. The van der Waals surface area contributed by atoms with Gasteiger partial charge in [0.15, 0.2) is 5.65 Å². The molecule has 1 saturated heterocycles.